The van der Waals surface area contributed by atoms with E-state index in [1.165, 1.54) is 60.1 Å². The zero-order chi connectivity index (χ0) is 33.3. The van der Waals surface area contributed by atoms with Gasteiger partial charge in [-0.3, -0.25) is 4.90 Å². The Balaban J connectivity index is 1.17. The van der Waals surface area contributed by atoms with Crippen LogP contribution in [0.3, 0.4) is 0 Å². The van der Waals surface area contributed by atoms with Crippen molar-refractivity contribution >= 4 is 10.9 Å². The van der Waals surface area contributed by atoms with Crippen molar-refractivity contribution in [2.75, 3.05) is 26.2 Å². The van der Waals surface area contributed by atoms with Crippen molar-refractivity contribution in [3.8, 4) is 28.5 Å². The van der Waals surface area contributed by atoms with Crippen LogP contribution in [0.4, 0.5) is 0 Å². The first-order chi connectivity index (χ1) is 24.2. The lowest BCUT2D eigenvalue weighted by Gasteiger charge is -2.26. The highest BCUT2D eigenvalue weighted by molar-refractivity contribution is 5.96. The van der Waals surface area contributed by atoms with Crippen LogP contribution in [0.1, 0.15) is 48.4 Å². The van der Waals surface area contributed by atoms with Crippen LogP contribution < -0.4 is 14.2 Å². The number of likely N-dealkylation sites (tertiary alicyclic amines) is 1. The Morgan fingerprint density at radius 2 is 1.20 bits per heavy atom. The van der Waals surface area contributed by atoms with Gasteiger partial charge < -0.3 is 18.8 Å². The summed E-state index contributed by atoms with van der Waals surface area (Å²) in [5, 5.41) is 1.18. The lowest BCUT2D eigenvalue weighted by atomic mass is 10.0. The van der Waals surface area contributed by atoms with Gasteiger partial charge in [-0.1, -0.05) is 92.2 Å². The molecule has 2 heterocycles. The summed E-state index contributed by atoms with van der Waals surface area (Å²) in [6.45, 7) is 8.14. The summed E-state index contributed by atoms with van der Waals surface area (Å²) in [5.41, 5.74) is 8.36. The molecule has 7 rings (SSSR count). The van der Waals surface area contributed by atoms with E-state index >= 15 is 0 Å². The molecule has 0 radical (unpaired) electrons. The normalized spacial score (nSPS) is 13.4. The molecule has 0 saturated carbocycles. The van der Waals surface area contributed by atoms with Gasteiger partial charge in [0.15, 0.2) is 0 Å². The lowest BCUT2D eigenvalue weighted by Crippen LogP contribution is -2.33. The Hall–Kier alpha value is -5.00. The van der Waals surface area contributed by atoms with Gasteiger partial charge in [-0.05, 0) is 109 Å². The Bertz CT molecular complexity index is 1910. The Kier molecular flexibility index (Phi) is 10.6. The second-order valence-corrected chi connectivity index (χ2v) is 12.9. The predicted molar refractivity (Wildman–Crippen MR) is 200 cm³/mol. The van der Waals surface area contributed by atoms with E-state index in [1.807, 2.05) is 24.3 Å². The number of aromatic nitrogens is 1. The van der Waals surface area contributed by atoms with Crippen molar-refractivity contribution in [2.45, 2.75) is 52.4 Å². The zero-order valence-electron chi connectivity index (χ0n) is 28.5. The molecule has 0 atom stereocenters. The van der Waals surface area contributed by atoms with Crippen molar-refractivity contribution in [2.24, 2.45) is 0 Å². The zero-order valence-corrected chi connectivity index (χ0v) is 28.5. The average molecular weight is 651 g/mol. The van der Waals surface area contributed by atoms with Crippen LogP contribution in [0.15, 0.2) is 127 Å². The number of rotatable bonds is 14. The third kappa shape index (κ3) is 8.01. The fourth-order valence-electron chi connectivity index (χ4n) is 6.94. The van der Waals surface area contributed by atoms with Gasteiger partial charge in [-0.2, -0.15) is 0 Å². The Labute approximate surface area is 290 Å². The highest BCUT2D eigenvalue weighted by atomic mass is 16.5. The fourth-order valence-corrected chi connectivity index (χ4v) is 6.94. The number of hydrogen-bond acceptors (Lipinski definition) is 4. The van der Waals surface area contributed by atoms with Gasteiger partial charge in [-0.25, -0.2) is 0 Å². The lowest BCUT2D eigenvalue weighted by molar-refractivity contribution is 0.183. The molecule has 0 aliphatic carbocycles. The van der Waals surface area contributed by atoms with Crippen molar-refractivity contribution in [3.05, 3.63) is 150 Å². The SMILES string of the molecule is CCc1c(-c2ccc(OCc3ccccc3)cc2)n(Cc2ccc(OCCN3CCCCC3)cc2)c2cccc(OCc3ccccc3)c12. The molecule has 49 heavy (non-hydrogen) atoms. The summed E-state index contributed by atoms with van der Waals surface area (Å²) in [6, 6.07) is 44.3. The summed E-state index contributed by atoms with van der Waals surface area (Å²) in [6.07, 6.45) is 4.84. The number of benzene rings is 5. The topological polar surface area (TPSA) is 35.9 Å². The van der Waals surface area contributed by atoms with E-state index in [0.717, 1.165) is 60.1 Å². The van der Waals surface area contributed by atoms with Gasteiger partial charge in [0, 0.05) is 18.5 Å². The second-order valence-electron chi connectivity index (χ2n) is 12.9. The largest absolute Gasteiger partial charge is 0.492 e. The summed E-state index contributed by atoms with van der Waals surface area (Å²) < 4.78 is 21.3. The minimum atomic E-state index is 0.524. The molecule has 5 nitrogen and oxygen atoms in total. The minimum Gasteiger partial charge on any atom is -0.492 e. The molecule has 6 aromatic rings. The second kappa shape index (κ2) is 15.9. The summed E-state index contributed by atoms with van der Waals surface area (Å²) in [5.74, 6) is 2.70. The Morgan fingerprint density at radius 3 is 1.88 bits per heavy atom. The van der Waals surface area contributed by atoms with Crippen LogP contribution in [0.25, 0.3) is 22.2 Å². The van der Waals surface area contributed by atoms with E-state index in [0.29, 0.717) is 13.2 Å². The third-order valence-corrected chi connectivity index (χ3v) is 9.51. The summed E-state index contributed by atoms with van der Waals surface area (Å²) in [7, 11) is 0. The van der Waals surface area contributed by atoms with Gasteiger partial charge in [0.25, 0.3) is 0 Å². The van der Waals surface area contributed by atoms with Crippen LogP contribution in [-0.4, -0.2) is 35.7 Å². The van der Waals surface area contributed by atoms with Gasteiger partial charge in [0.2, 0.25) is 0 Å². The highest BCUT2D eigenvalue weighted by Gasteiger charge is 2.21. The monoisotopic (exact) mass is 650 g/mol. The average Bonchev–Trinajstić information content (AvgIpc) is 3.48. The number of ether oxygens (including phenoxy) is 3. The molecule has 1 aliphatic heterocycles. The molecule has 0 unspecified atom stereocenters. The molecule has 5 aromatic carbocycles. The minimum absolute atomic E-state index is 0.524. The molecular formula is C44H46N2O3. The van der Waals surface area contributed by atoms with Gasteiger partial charge in [0.1, 0.15) is 37.1 Å². The van der Waals surface area contributed by atoms with Gasteiger partial charge >= 0.3 is 0 Å². The molecule has 250 valence electrons. The van der Waals surface area contributed by atoms with Crippen molar-refractivity contribution < 1.29 is 14.2 Å². The van der Waals surface area contributed by atoms with E-state index in [9.17, 15) is 0 Å². The van der Waals surface area contributed by atoms with Crippen LogP contribution >= 0.6 is 0 Å². The highest BCUT2D eigenvalue weighted by Crippen LogP contribution is 2.40. The number of aryl methyl sites for hydroxylation is 1. The van der Waals surface area contributed by atoms with Crippen LogP contribution in [0, 0.1) is 0 Å². The predicted octanol–water partition coefficient (Wildman–Crippen LogP) is 9.94. The maximum absolute atomic E-state index is 6.54. The van der Waals surface area contributed by atoms with Crippen LogP contribution in [0.2, 0.25) is 0 Å². The standard InChI is InChI=1S/C44H46N2O3/c1-2-40-43-41(17-12-18-42(43)49-33-36-15-8-4-9-16-36)46(31-34-19-23-38(24-20-34)47-30-29-45-27-10-5-11-28-45)44(40)37-21-25-39(26-22-37)48-32-35-13-6-3-7-14-35/h3-4,6-9,12-26H,2,5,10-11,27-33H2,1H3. The first-order valence-electron chi connectivity index (χ1n) is 17.8. The molecule has 5 heteroatoms. The molecule has 1 saturated heterocycles. The quantitative estimate of drug-likeness (QED) is 0.118. The third-order valence-electron chi connectivity index (χ3n) is 9.51. The molecular weight excluding hydrogens is 604 g/mol. The summed E-state index contributed by atoms with van der Waals surface area (Å²) >= 11 is 0. The van der Waals surface area contributed by atoms with Gasteiger partial charge in [-0.15, -0.1) is 0 Å². The van der Waals surface area contributed by atoms with Crippen molar-refractivity contribution in [1.29, 1.82) is 0 Å². The first-order valence-corrected chi connectivity index (χ1v) is 17.8. The molecule has 0 N–H and O–H groups in total. The van der Waals surface area contributed by atoms with Crippen molar-refractivity contribution in [3.63, 3.8) is 0 Å². The maximum Gasteiger partial charge on any atom is 0.129 e. The van der Waals surface area contributed by atoms with Crippen molar-refractivity contribution in [1.82, 2.24) is 9.47 Å². The van der Waals surface area contributed by atoms with E-state index in [4.69, 9.17) is 14.2 Å². The molecule has 0 amide bonds. The fraction of sp³-hybridized carbons (Fsp3) is 0.273. The summed E-state index contributed by atoms with van der Waals surface area (Å²) in [4.78, 5) is 2.52. The van der Waals surface area contributed by atoms with E-state index in [-0.39, 0.29) is 0 Å². The molecule has 1 aliphatic rings. The van der Waals surface area contributed by atoms with E-state index < -0.39 is 0 Å². The first kappa shape index (κ1) is 32.5. The number of nitrogens with zero attached hydrogens (tertiary/aromatic N) is 2. The van der Waals surface area contributed by atoms with E-state index in [1.54, 1.807) is 0 Å². The molecule has 1 aromatic heterocycles. The van der Waals surface area contributed by atoms with Crippen LogP contribution in [0.5, 0.6) is 17.2 Å². The molecule has 0 spiro atoms. The van der Waals surface area contributed by atoms with E-state index in [2.05, 4.69) is 120 Å². The number of hydrogen-bond donors (Lipinski definition) is 0. The van der Waals surface area contributed by atoms with Gasteiger partial charge in [0.05, 0.1) is 11.2 Å². The Morgan fingerprint density at radius 1 is 0.571 bits per heavy atom. The molecule has 0 bridgehead atoms. The smallest absolute Gasteiger partial charge is 0.129 e. The van der Waals surface area contributed by atoms with Crippen LogP contribution in [-0.2, 0) is 26.2 Å². The number of piperidine rings is 1. The molecule has 1 fully saturated rings. The maximum atomic E-state index is 6.54. The number of fused-ring (bicyclic) bond motifs is 1.